The number of rotatable bonds is 4. The van der Waals surface area contributed by atoms with Crippen LogP contribution in [0.3, 0.4) is 0 Å². The van der Waals surface area contributed by atoms with Crippen molar-refractivity contribution in [1.82, 2.24) is 9.97 Å². The van der Waals surface area contributed by atoms with Gasteiger partial charge < -0.3 is 0 Å². The van der Waals surface area contributed by atoms with Crippen LogP contribution in [0.1, 0.15) is 19.7 Å². The Morgan fingerprint density at radius 1 is 1.23 bits per heavy atom. The largest absolute Gasteiger partial charge is 0.299 e. The molecular weight excluding hydrogens is 312 g/mol. The molecule has 0 N–H and O–H groups in total. The van der Waals surface area contributed by atoms with Crippen LogP contribution < -0.4 is 0 Å². The van der Waals surface area contributed by atoms with Gasteiger partial charge in [0, 0.05) is 10.3 Å². The van der Waals surface area contributed by atoms with Gasteiger partial charge in [-0.25, -0.2) is 9.97 Å². The minimum Gasteiger partial charge on any atom is -0.299 e. The Bertz CT molecular complexity index is 827. The smallest absolute Gasteiger partial charge is 0.142 e. The third kappa shape index (κ3) is 3.05. The van der Waals surface area contributed by atoms with Crippen molar-refractivity contribution in [3.63, 3.8) is 0 Å². The quantitative estimate of drug-likeness (QED) is 0.512. The molecule has 112 valence electrons. The Hall–Kier alpha value is -1.72. The number of carbonyl (C=O) groups excluding carboxylic acids is 1. The van der Waals surface area contributed by atoms with Crippen molar-refractivity contribution in [3.05, 3.63) is 42.2 Å². The van der Waals surface area contributed by atoms with Crippen molar-refractivity contribution in [2.24, 2.45) is 0 Å². The van der Waals surface area contributed by atoms with Crippen LogP contribution in [0.5, 0.6) is 0 Å². The van der Waals surface area contributed by atoms with Crippen LogP contribution >= 0.6 is 23.1 Å². The lowest BCUT2D eigenvalue weighted by Crippen LogP contribution is -2.08. The monoisotopic (exact) mass is 328 g/mol. The fraction of sp³-hybridized carbons (Fsp3) is 0.235. The van der Waals surface area contributed by atoms with E-state index in [0.29, 0.717) is 0 Å². The first-order chi connectivity index (χ1) is 10.5. The van der Waals surface area contributed by atoms with Gasteiger partial charge in [0.15, 0.2) is 0 Å². The number of thiophene rings is 1. The standard InChI is InChI=1S/C17H16N2OS2/c1-10(20)11(2)21-16-14-9-15(13-7-5-4-6-8-13)22-17(14)19-12(3)18-16/h4-9,11H,1-3H3. The Morgan fingerprint density at radius 3 is 2.64 bits per heavy atom. The molecule has 0 spiro atoms. The molecule has 0 saturated carbocycles. The van der Waals surface area contributed by atoms with Crippen molar-refractivity contribution in [3.8, 4) is 10.4 Å². The molecule has 0 aliphatic heterocycles. The van der Waals surface area contributed by atoms with Crippen LogP contribution in [0.25, 0.3) is 20.7 Å². The fourth-order valence-corrected chi connectivity index (χ4v) is 4.20. The Labute approximate surface area is 137 Å². The van der Waals surface area contributed by atoms with E-state index in [0.717, 1.165) is 21.1 Å². The van der Waals surface area contributed by atoms with E-state index >= 15 is 0 Å². The Morgan fingerprint density at radius 2 is 1.95 bits per heavy atom. The summed E-state index contributed by atoms with van der Waals surface area (Å²) in [5, 5.41) is 1.83. The molecule has 2 heterocycles. The zero-order chi connectivity index (χ0) is 15.7. The molecule has 0 bridgehead atoms. The zero-order valence-electron chi connectivity index (χ0n) is 12.7. The van der Waals surface area contributed by atoms with Crippen LogP contribution in [0, 0.1) is 6.92 Å². The molecule has 22 heavy (non-hydrogen) atoms. The van der Waals surface area contributed by atoms with E-state index in [9.17, 15) is 4.79 Å². The molecule has 0 amide bonds. The third-order valence-corrected chi connectivity index (χ3v) is 5.69. The molecule has 2 aromatic heterocycles. The maximum Gasteiger partial charge on any atom is 0.142 e. The summed E-state index contributed by atoms with van der Waals surface area (Å²) in [6, 6.07) is 12.4. The van der Waals surface area contributed by atoms with E-state index < -0.39 is 0 Å². The minimum absolute atomic E-state index is 0.0995. The van der Waals surface area contributed by atoms with E-state index in [2.05, 4.69) is 28.2 Å². The third-order valence-electron chi connectivity index (χ3n) is 3.39. The first kappa shape index (κ1) is 15.2. The van der Waals surface area contributed by atoms with Gasteiger partial charge in [0.05, 0.1) is 5.25 Å². The second-order valence-electron chi connectivity index (χ2n) is 5.14. The summed E-state index contributed by atoms with van der Waals surface area (Å²) in [6.07, 6.45) is 0. The molecule has 1 atom stereocenters. The molecule has 0 fully saturated rings. The molecular formula is C17H16N2OS2. The number of carbonyl (C=O) groups is 1. The highest BCUT2D eigenvalue weighted by Crippen LogP contribution is 2.37. The van der Waals surface area contributed by atoms with Crippen LogP contribution in [0.2, 0.25) is 0 Å². The number of ketones is 1. The second-order valence-corrected chi connectivity index (χ2v) is 7.50. The number of hydrogen-bond acceptors (Lipinski definition) is 5. The minimum atomic E-state index is -0.0995. The van der Waals surface area contributed by atoms with Gasteiger partial charge in [0.2, 0.25) is 0 Å². The summed E-state index contributed by atoms with van der Waals surface area (Å²) < 4.78 is 0. The Kier molecular flexibility index (Phi) is 4.27. The normalized spacial score (nSPS) is 12.5. The maximum absolute atomic E-state index is 11.5. The number of benzene rings is 1. The van der Waals surface area contributed by atoms with Crippen molar-refractivity contribution in [1.29, 1.82) is 0 Å². The molecule has 1 aromatic carbocycles. The summed E-state index contributed by atoms with van der Waals surface area (Å²) in [7, 11) is 0. The van der Waals surface area contributed by atoms with Crippen molar-refractivity contribution in [2.45, 2.75) is 31.0 Å². The SMILES string of the molecule is CC(=O)C(C)Sc1nc(C)nc2sc(-c3ccccc3)cc12. The summed E-state index contributed by atoms with van der Waals surface area (Å²) >= 11 is 3.17. The Balaban J connectivity index is 2.09. The summed E-state index contributed by atoms with van der Waals surface area (Å²) in [6.45, 7) is 5.43. The summed E-state index contributed by atoms with van der Waals surface area (Å²) in [5.41, 5.74) is 1.18. The molecule has 3 rings (SSSR count). The molecule has 5 heteroatoms. The van der Waals surface area contributed by atoms with Crippen LogP contribution in [-0.4, -0.2) is 21.0 Å². The van der Waals surface area contributed by atoms with Gasteiger partial charge in [0.25, 0.3) is 0 Å². The topological polar surface area (TPSA) is 42.9 Å². The lowest BCUT2D eigenvalue weighted by molar-refractivity contribution is -0.116. The van der Waals surface area contributed by atoms with E-state index in [1.807, 2.05) is 32.0 Å². The van der Waals surface area contributed by atoms with Crippen LogP contribution in [-0.2, 0) is 4.79 Å². The predicted molar refractivity (Wildman–Crippen MR) is 93.6 cm³/mol. The van der Waals surface area contributed by atoms with Gasteiger partial charge >= 0.3 is 0 Å². The number of aromatic nitrogens is 2. The highest BCUT2D eigenvalue weighted by atomic mass is 32.2. The average molecular weight is 328 g/mol. The zero-order valence-corrected chi connectivity index (χ0v) is 14.3. The average Bonchev–Trinajstić information content (AvgIpc) is 2.92. The first-order valence-electron chi connectivity index (χ1n) is 7.05. The summed E-state index contributed by atoms with van der Waals surface area (Å²) in [5.74, 6) is 0.903. The molecule has 3 nitrogen and oxygen atoms in total. The number of hydrogen-bond donors (Lipinski definition) is 0. The van der Waals surface area contributed by atoms with Gasteiger partial charge in [-0.15, -0.1) is 11.3 Å². The molecule has 3 aromatic rings. The van der Waals surface area contributed by atoms with Gasteiger partial charge in [-0.3, -0.25) is 4.79 Å². The number of nitrogens with zero attached hydrogens (tertiary/aromatic N) is 2. The first-order valence-corrected chi connectivity index (χ1v) is 8.75. The molecule has 0 saturated heterocycles. The predicted octanol–water partition coefficient (Wildman–Crippen LogP) is 4.74. The number of aryl methyl sites for hydroxylation is 1. The molecule has 0 aliphatic carbocycles. The van der Waals surface area contributed by atoms with E-state index in [-0.39, 0.29) is 11.0 Å². The lowest BCUT2D eigenvalue weighted by Gasteiger charge is -2.07. The van der Waals surface area contributed by atoms with E-state index in [1.54, 1.807) is 18.3 Å². The van der Waals surface area contributed by atoms with Crippen molar-refractivity contribution < 1.29 is 4.79 Å². The summed E-state index contributed by atoms with van der Waals surface area (Å²) in [4.78, 5) is 22.8. The van der Waals surface area contributed by atoms with Crippen molar-refractivity contribution >= 4 is 39.1 Å². The highest BCUT2D eigenvalue weighted by molar-refractivity contribution is 8.00. The molecule has 1 unspecified atom stereocenters. The maximum atomic E-state index is 11.5. The van der Waals surface area contributed by atoms with Crippen LogP contribution in [0.4, 0.5) is 0 Å². The van der Waals surface area contributed by atoms with Crippen molar-refractivity contribution in [2.75, 3.05) is 0 Å². The molecule has 0 aliphatic rings. The highest BCUT2D eigenvalue weighted by Gasteiger charge is 2.16. The van der Waals surface area contributed by atoms with Crippen LogP contribution in [0.15, 0.2) is 41.4 Å². The van der Waals surface area contributed by atoms with Gasteiger partial charge in [-0.1, -0.05) is 42.1 Å². The van der Waals surface area contributed by atoms with Gasteiger partial charge in [0.1, 0.15) is 21.5 Å². The lowest BCUT2D eigenvalue weighted by atomic mass is 10.2. The number of fused-ring (bicyclic) bond motifs is 1. The van der Waals surface area contributed by atoms with E-state index in [4.69, 9.17) is 0 Å². The second kappa shape index (κ2) is 6.18. The van der Waals surface area contributed by atoms with Gasteiger partial charge in [-0.2, -0.15) is 0 Å². The van der Waals surface area contributed by atoms with Gasteiger partial charge in [-0.05, 0) is 32.4 Å². The number of thioether (sulfide) groups is 1. The fourth-order valence-electron chi connectivity index (χ4n) is 2.08. The van der Waals surface area contributed by atoms with E-state index in [1.165, 1.54) is 22.2 Å². The number of Topliss-reactive ketones (excluding diaryl/α,β-unsaturated/α-hetero) is 1. The molecule has 0 radical (unpaired) electrons.